The Morgan fingerprint density at radius 1 is 0.763 bits per heavy atom. The Morgan fingerprint density at radius 3 is 1.71 bits per heavy atom. The molecule has 4 nitrogen and oxygen atoms in total. The highest BCUT2D eigenvalue weighted by Gasteiger charge is 2.39. The molecule has 0 saturated carbocycles. The number of hydrogen-bond acceptors (Lipinski definition) is 3. The van der Waals surface area contributed by atoms with E-state index in [0.29, 0.717) is 0 Å². The predicted octanol–water partition coefficient (Wildman–Crippen LogP) is 6.74. The summed E-state index contributed by atoms with van der Waals surface area (Å²) in [5.41, 5.74) is 6.15. The Bertz CT molecular complexity index is 1190. The van der Waals surface area contributed by atoms with Crippen LogP contribution in [0.25, 0.3) is 0 Å². The number of hydroxylamine groups is 1. The Labute approximate surface area is 233 Å². The molecule has 1 fully saturated rings. The monoisotopic (exact) mass is 568 g/mol. The molecular formula is C33H33BrN2O2. The summed E-state index contributed by atoms with van der Waals surface area (Å²) in [4.78, 5) is 22.4. The standard InChI is InChI=1S/C33H33BrN2O2/c34-31-18-16-26(17-19-31)20-23-36-24-21-27(22-25-36)32(37)35-38-33(28-10-4-1-5-11-28,29-12-6-2-7-13-29)30-14-8-3-9-15-30/h1-19,27H,20-25H2,(H,35,37). The van der Waals surface area contributed by atoms with Crippen molar-refractivity contribution in [3.05, 3.63) is 142 Å². The lowest BCUT2D eigenvalue weighted by molar-refractivity contribution is -0.149. The first kappa shape index (κ1) is 26.4. The summed E-state index contributed by atoms with van der Waals surface area (Å²) in [6, 6.07) is 38.8. The van der Waals surface area contributed by atoms with Crippen molar-refractivity contribution in [2.75, 3.05) is 19.6 Å². The highest BCUT2D eigenvalue weighted by Crippen LogP contribution is 2.39. The third kappa shape index (κ3) is 6.07. The molecule has 0 spiro atoms. The van der Waals surface area contributed by atoms with Crippen LogP contribution in [-0.2, 0) is 21.7 Å². The molecule has 1 heterocycles. The van der Waals surface area contributed by atoms with E-state index in [-0.39, 0.29) is 11.8 Å². The summed E-state index contributed by atoms with van der Waals surface area (Å²) in [6.45, 7) is 2.83. The van der Waals surface area contributed by atoms with E-state index < -0.39 is 5.60 Å². The molecule has 0 aromatic heterocycles. The Kier molecular flexibility index (Phi) is 8.69. The first-order chi connectivity index (χ1) is 18.6. The largest absolute Gasteiger partial charge is 0.303 e. The minimum atomic E-state index is -0.967. The van der Waals surface area contributed by atoms with Crippen molar-refractivity contribution in [3.63, 3.8) is 0 Å². The van der Waals surface area contributed by atoms with Crippen molar-refractivity contribution in [2.24, 2.45) is 5.92 Å². The van der Waals surface area contributed by atoms with Gasteiger partial charge in [-0.2, -0.15) is 0 Å². The van der Waals surface area contributed by atoms with Crippen molar-refractivity contribution >= 4 is 21.8 Å². The molecule has 1 saturated heterocycles. The van der Waals surface area contributed by atoms with Crippen LogP contribution in [0.15, 0.2) is 120 Å². The van der Waals surface area contributed by atoms with Crippen LogP contribution in [0.3, 0.4) is 0 Å². The fraction of sp³-hybridized carbons (Fsp3) is 0.242. The zero-order valence-corrected chi connectivity index (χ0v) is 23.0. The second-order valence-electron chi connectivity index (χ2n) is 9.84. The van der Waals surface area contributed by atoms with Gasteiger partial charge in [0.25, 0.3) is 0 Å². The molecule has 0 bridgehead atoms. The summed E-state index contributed by atoms with van der Waals surface area (Å²) in [6.07, 6.45) is 2.66. The first-order valence-electron chi connectivity index (χ1n) is 13.3. The Hall–Kier alpha value is -3.25. The van der Waals surface area contributed by atoms with E-state index in [1.807, 2.05) is 54.6 Å². The number of piperidine rings is 1. The van der Waals surface area contributed by atoms with E-state index in [0.717, 1.165) is 60.1 Å². The molecule has 5 rings (SSSR count). The molecule has 4 aromatic carbocycles. The number of carbonyl (C=O) groups is 1. The Balaban J connectivity index is 1.28. The van der Waals surface area contributed by atoms with Crippen LogP contribution in [0.4, 0.5) is 0 Å². The topological polar surface area (TPSA) is 41.6 Å². The third-order valence-corrected chi connectivity index (χ3v) is 7.96. The maximum atomic E-state index is 13.4. The molecule has 0 aliphatic carbocycles. The Morgan fingerprint density at radius 2 is 1.24 bits per heavy atom. The van der Waals surface area contributed by atoms with Gasteiger partial charge in [-0.05, 0) is 66.7 Å². The zero-order valence-electron chi connectivity index (χ0n) is 21.4. The lowest BCUT2D eigenvalue weighted by Gasteiger charge is -2.36. The number of nitrogens with zero attached hydrogens (tertiary/aromatic N) is 1. The van der Waals surface area contributed by atoms with Crippen LogP contribution in [0.5, 0.6) is 0 Å². The molecule has 1 amide bonds. The van der Waals surface area contributed by atoms with Crippen molar-refractivity contribution in [2.45, 2.75) is 24.9 Å². The average Bonchev–Trinajstić information content (AvgIpc) is 2.99. The van der Waals surface area contributed by atoms with E-state index >= 15 is 0 Å². The molecule has 1 aliphatic rings. The molecule has 194 valence electrons. The number of rotatable bonds is 9. The van der Waals surface area contributed by atoms with Crippen LogP contribution >= 0.6 is 15.9 Å². The number of halogens is 1. The van der Waals surface area contributed by atoms with E-state index in [9.17, 15) is 4.79 Å². The number of nitrogens with one attached hydrogen (secondary N) is 1. The normalized spacial score (nSPS) is 14.8. The van der Waals surface area contributed by atoms with E-state index in [1.165, 1.54) is 5.56 Å². The second-order valence-corrected chi connectivity index (χ2v) is 10.8. The molecule has 1 aliphatic heterocycles. The number of amides is 1. The lowest BCUT2D eigenvalue weighted by Crippen LogP contribution is -2.45. The molecular weight excluding hydrogens is 536 g/mol. The van der Waals surface area contributed by atoms with Gasteiger partial charge in [-0.15, -0.1) is 0 Å². The molecule has 4 aromatic rings. The molecule has 38 heavy (non-hydrogen) atoms. The summed E-state index contributed by atoms with van der Waals surface area (Å²) in [7, 11) is 0. The smallest absolute Gasteiger partial charge is 0.246 e. The molecule has 0 atom stereocenters. The van der Waals surface area contributed by atoms with Gasteiger partial charge in [0, 0.05) is 16.9 Å². The van der Waals surface area contributed by atoms with E-state index in [4.69, 9.17) is 4.84 Å². The van der Waals surface area contributed by atoms with Crippen molar-refractivity contribution < 1.29 is 9.63 Å². The van der Waals surface area contributed by atoms with Gasteiger partial charge < -0.3 is 4.90 Å². The third-order valence-electron chi connectivity index (χ3n) is 7.43. The second kappa shape index (κ2) is 12.5. The number of likely N-dealkylation sites (tertiary alicyclic amines) is 1. The van der Waals surface area contributed by atoms with Crippen molar-refractivity contribution in [1.29, 1.82) is 0 Å². The zero-order chi connectivity index (χ0) is 26.2. The van der Waals surface area contributed by atoms with Crippen LogP contribution in [-0.4, -0.2) is 30.4 Å². The highest BCUT2D eigenvalue weighted by atomic mass is 79.9. The van der Waals surface area contributed by atoms with E-state index in [2.05, 4.69) is 87.0 Å². The molecule has 1 N–H and O–H groups in total. The molecule has 0 unspecified atom stereocenters. The summed E-state index contributed by atoms with van der Waals surface area (Å²) in [5.74, 6) is -0.122. The number of benzene rings is 4. The fourth-order valence-electron chi connectivity index (χ4n) is 5.26. The van der Waals surface area contributed by atoms with Crippen molar-refractivity contribution in [3.8, 4) is 0 Å². The molecule has 5 heteroatoms. The van der Waals surface area contributed by atoms with Crippen LogP contribution in [0.1, 0.15) is 35.1 Å². The first-order valence-corrected chi connectivity index (χ1v) is 14.1. The predicted molar refractivity (Wildman–Crippen MR) is 155 cm³/mol. The van der Waals surface area contributed by atoms with Crippen molar-refractivity contribution in [1.82, 2.24) is 10.4 Å². The van der Waals surface area contributed by atoms with Gasteiger partial charge in [-0.25, -0.2) is 5.48 Å². The maximum Gasteiger partial charge on any atom is 0.246 e. The van der Waals surface area contributed by atoms with Gasteiger partial charge in [0.2, 0.25) is 5.91 Å². The van der Waals surface area contributed by atoms with Gasteiger partial charge in [0.05, 0.1) is 0 Å². The summed E-state index contributed by atoms with van der Waals surface area (Å²) >= 11 is 3.50. The average molecular weight is 570 g/mol. The van der Waals surface area contributed by atoms with Gasteiger partial charge in [0.15, 0.2) is 5.60 Å². The maximum absolute atomic E-state index is 13.4. The quantitative estimate of drug-likeness (QED) is 0.179. The number of carbonyl (C=O) groups excluding carboxylic acids is 1. The highest BCUT2D eigenvalue weighted by molar-refractivity contribution is 9.10. The van der Waals surface area contributed by atoms with E-state index in [1.54, 1.807) is 0 Å². The minimum Gasteiger partial charge on any atom is -0.303 e. The number of hydrogen-bond donors (Lipinski definition) is 1. The van der Waals surface area contributed by atoms with Crippen LogP contribution < -0.4 is 5.48 Å². The molecule has 0 radical (unpaired) electrons. The minimum absolute atomic E-state index is 0.0512. The van der Waals surface area contributed by atoms with Gasteiger partial charge in [-0.1, -0.05) is 119 Å². The summed E-state index contributed by atoms with van der Waals surface area (Å²) < 4.78 is 1.10. The van der Waals surface area contributed by atoms with Crippen LogP contribution in [0, 0.1) is 5.92 Å². The van der Waals surface area contributed by atoms with Crippen LogP contribution in [0.2, 0.25) is 0 Å². The SMILES string of the molecule is O=C(NOC(c1ccccc1)(c1ccccc1)c1ccccc1)C1CCN(CCc2ccc(Br)cc2)CC1. The fourth-order valence-corrected chi connectivity index (χ4v) is 5.53. The van der Waals surface area contributed by atoms with Gasteiger partial charge in [0.1, 0.15) is 0 Å². The lowest BCUT2D eigenvalue weighted by atomic mass is 9.80. The van der Waals surface area contributed by atoms with Gasteiger partial charge >= 0.3 is 0 Å². The van der Waals surface area contributed by atoms with Gasteiger partial charge in [-0.3, -0.25) is 9.63 Å². The summed E-state index contributed by atoms with van der Waals surface area (Å²) in [5, 5.41) is 0.